The summed E-state index contributed by atoms with van der Waals surface area (Å²) in [7, 11) is 0. The zero-order valence-corrected chi connectivity index (χ0v) is 18.1. The predicted octanol–water partition coefficient (Wildman–Crippen LogP) is 7.32. The molecule has 0 aromatic heterocycles. The zero-order chi connectivity index (χ0) is 21.3. The van der Waals surface area contributed by atoms with Crippen molar-refractivity contribution >= 4 is 0 Å². The number of nitriles is 1. The maximum absolute atomic E-state index is 13.8. The van der Waals surface area contributed by atoms with Gasteiger partial charge in [-0.1, -0.05) is 32.3 Å². The summed E-state index contributed by atoms with van der Waals surface area (Å²) in [5.74, 6) is 1.83. The van der Waals surface area contributed by atoms with Crippen LogP contribution in [0.1, 0.15) is 81.8 Å². The SMILES string of the molecule is C=COCCCC1CCC(C2CCC(CCc3cc(F)c(C#N)c(F)c3)CC2)CC1. The van der Waals surface area contributed by atoms with E-state index in [0.29, 0.717) is 17.9 Å². The average Bonchev–Trinajstić information content (AvgIpc) is 2.76. The van der Waals surface area contributed by atoms with Gasteiger partial charge in [0.25, 0.3) is 0 Å². The van der Waals surface area contributed by atoms with Crippen LogP contribution in [0, 0.1) is 46.6 Å². The third-order valence-corrected chi connectivity index (χ3v) is 7.50. The van der Waals surface area contributed by atoms with Gasteiger partial charge >= 0.3 is 0 Å². The second-order valence-corrected chi connectivity index (χ2v) is 9.33. The Balaban J connectivity index is 1.36. The lowest BCUT2D eigenvalue weighted by molar-refractivity contribution is 0.137. The van der Waals surface area contributed by atoms with E-state index in [9.17, 15) is 8.78 Å². The van der Waals surface area contributed by atoms with E-state index < -0.39 is 17.2 Å². The average molecular weight is 416 g/mol. The van der Waals surface area contributed by atoms with Gasteiger partial charge in [0, 0.05) is 0 Å². The zero-order valence-electron chi connectivity index (χ0n) is 18.1. The standard InChI is InChI=1S/C26H35F2NO/c1-2-30-15-3-4-19-7-11-22(12-8-19)23-13-9-20(10-14-23)5-6-21-16-25(27)24(18-29)26(28)17-21/h2,16-17,19-20,22-23H,1,3-15H2. The van der Waals surface area contributed by atoms with Gasteiger partial charge in [-0.2, -0.15) is 5.26 Å². The van der Waals surface area contributed by atoms with Crippen LogP contribution in [0.4, 0.5) is 8.78 Å². The molecule has 0 heterocycles. The molecule has 0 amide bonds. The minimum Gasteiger partial charge on any atom is -0.502 e. The second kappa shape index (κ2) is 11.5. The third kappa shape index (κ3) is 6.30. The van der Waals surface area contributed by atoms with E-state index in [1.165, 1.54) is 76.2 Å². The lowest BCUT2D eigenvalue weighted by Crippen LogP contribution is -2.26. The maximum atomic E-state index is 13.8. The fourth-order valence-corrected chi connectivity index (χ4v) is 5.68. The summed E-state index contributed by atoms with van der Waals surface area (Å²) in [6.07, 6.45) is 16.2. The molecule has 2 aliphatic rings. The van der Waals surface area contributed by atoms with Gasteiger partial charge in [0.2, 0.25) is 0 Å². The smallest absolute Gasteiger partial charge is 0.144 e. The molecule has 2 aliphatic carbocycles. The molecule has 1 aromatic carbocycles. The van der Waals surface area contributed by atoms with Crippen molar-refractivity contribution < 1.29 is 13.5 Å². The molecule has 2 fully saturated rings. The summed E-state index contributed by atoms with van der Waals surface area (Å²) in [5, 5.41) is 8.79. The van der Waals surface area contributed by atoms with Crippen LogP contribution < -0.4 is 0 Å². The fraction of sp³-hybridized carbons (Fsp3) is 0.654. The number of benzene rings is 1. The quantitative estimate of drug-likeness (QED) is 0.313. The molecule has 0 N–H and O–H groups in total. The number of halogens is 2. The van der Waals surface area contributed by atoms with E-state index >= 15 is 0 Å². The first kappa shape index (κ1) is 22.8. The molecule has 4 heteroatoms. The Kier molecular flexibility index (Phi) is 8.73. The molecule has 0 atom stereocenters. The monoisotopic (exact) mass is 415 g/mol. The third-order valence-electron chi connectivity index (χ3n) is 7.50. The van der Waals surface area contributed by atoms with Crippen molar-refractivity contribution in [2.24, 2.45) is 23.7 Å². The molecule has 164 valence electrons. The highest BCUT2D eigenvalue weighted by Crippen LogP contribution is 2.43. The van der Waals surface area contributed by atoms with Crippen LogP contribution in [0.3, 0.4) is 0 Å². The van der Waals surface area contributed by atoms with E-state index in [4.69, 9.17) is 10.00 Å². The number of hydrogen-bond donors (Lipinski definition) is 0. The first-order valence-corrected chi connectivity index (χ1v) is 11.7. The molecular formula is C26H35F2NO. The molecule has 0 aliphatic heterocycles. The Morgan fingerprint density at radius 1 is 0.933 bits per heavy atom. The topological polar surface area (TPSA) is 33.0 Å². The van der Waals surface area contributed by atoms with Crippen LogP contribution in [0.5, 0.6) is 0 Å². The molecule has 1 aromatic rings. The number of aryl methyl sites for hydroxylation is 1. The van der Waals surface area contributed by atoms with Crippen LogP contribution >= 0.6 is 0 Å². The summed E-state index contributed by atoms with van der Waals surface area (Å²) in [5.41, 5.74) is 0.196. The summed E-state index contributed by atoms with van der Waals surface area (Å²) in [6, 6.07) is 4.25. The van der Waals surface area contributed by atoms with Crippen LogP contribution in [-0.2, 0) is 11.2 Å². The molecule has 3 rings (SSSR count). The van der Waals surface area contributed by atoms with Gasteiger partial charge in [-0.15, -0.1) is 0 Å². The highest BCUT2D eigenvalue weighted by molar-refractivity contribution is 5.35. The van der Waals surface area contributed by atoms with Crippen molar-refractivity contribution in [2.75, 3.05) is 6.61 Å². The Labute approximate surface area is 180 Å². The fourth-order valence-electron chi connectivity index (χ4n) is 5.68. The Hall–Kier alpha value is -1.89. The van der Waals surface area contributed by atoms with Crippen molar-refractivity contribution in [1.82, 2.24) is 0 Å². The summed E-state index contributed by atoms with van der Waals surface area (Å²) < 4.78 is 32.8. The number of ether oxygens (including phenoxy) is 1. The van der Waals surface area contributed by atoms with E-state index in [1.54, 1.807) is 6.07 Å². The van der Waals surface area contributed by atoms with E-state index in [2.05, 4.69) is 6.58 Å². The molecule has 30 heavy (non-hydrogen) atoms. The summed E-state index contributed by atoms with van der Waals surface area (Å²) in [6.45, 7) is 4.39. The van der Waals surface area contributed by atoms with Crippen LogP contribution in [0.15, 0.2) is 25.0 Å². The van der Waals surface area contributed by atoms with Gasteiger partial charge in [-0.05, 0) is 92.7 Å². The molecule has 2 saturated carbocycles. The highest BCUT2D eigenvalue weighted by Gasteiger charge is 2.30. The van der Waals surface area contributed by atoms with Crippen LogP contribution in [0.2, 0.25) is 0 Å². The minimum atomic E-state index is -0.736. The summed E-state index contributed by atoms with van der Waals surface area (Å²) in [4.78, 5) is 0. The molecule has 0 radical (unpaired) electrons. The van der Waals surface area contributed by atoms with Crippen molar-refractivity contribution in [3.05, 3.63) is 47.7 Å². The normalized spacial score (nSPS) is 26.7. The van der Waals surface area contributed by atoms with Crippen molar-refractivity contribution in [1.29, 1.82) is 5.26 Å². The number of rotatable bonds is 9. The minimum absolute atomic E-state index is 0.473. The number of nitrogens with zero attached hydrogens (tertiary/aromatic N) is 1. The lowest BCUT2D eigenvalue weighted by Gasteiger charge is -2.38. The Bertz CT molecular complexity index is 702. The lowest BCUT2D eigenvalue weighted by atomic mass is 9.68. The van der Waals surface area contributed by atoms with E-state index in [1.807, 2.05) is 0 Å². The van der Waals surface area contributed by atoms with Crippen LogP contribution in [0.25, 0.3) is 0 Å². The molecule has 0 bridgehead atoms. The van der Waals surface area contributed by atoms with Gasteiger partial charge in [0.15, 0.2) is 0 Å². The molecule has 0 saturated heterocycles. The van der Waals surface area contributed by atoms with Gasteiger partial charge < -0.3 is 4.74 Å². The molecular weight excluding hydrogens is 380 g/mol. The molecule has 2 nitrogen and oxygen atoms in total. The highest BCUT2D eigenvalue weighted by atomic mass is 19.1. The van der Waals surface area contributed by atoms with Crippen molar-refractivity contribution in [3.63, 3.8) is 0 Å². The van der Waals surface area contributed by atoms with Crippen molar-refractivity contribution in [3.8, 4) is 6.07 Å². The summed E-state index contributed by atoms with van der Waals surface area (Å²) >= 11 is 0. The van der Waals surface area contributed by atoms with Gasteiger partial charge in [0.1, 0.15) is 23.3 Å². The van der Waals surface area contributed by atoms with Gasteiger partial charge in [0.05, 0.1) is 12.9 Å². The van der Waals surface area contributed by atoms with Crippen molar-refractivity contribution in [2.45, 2.75) is 77.0 Å². The molecule has 0 unspecified atom stereocenters. The van der Waals surface area contributed by atoms with E-state index in [-0.39, 0.29) is 0 Å². The largest absolute Gasteiger partial charge is 0.502 e. The Morgan fingerprint density at radius 2 is 1.47 bits per heavy atom. The van der Waals surface area contributed by atoms with E-state index in [0.717, 1.165) is 37.2 Å². The molecule has 0 spiro atoms. The van der Waals surface area contributed by atoms with Gasteiger partial charge in [-0.25, -0.2) is 8.78 Å². The first-order chi connectivity index (χ1) is 14.6. The van der Waals surface area contributed by atoms with Crippen LogP contribution in [-0.4, -0.2) is 6.61 Å². The first-order valence-electron chi connectivity index (χ1n) is 11.7. The predicted molar refractivity (Wildman–Crippen MR) is 116 cm³/mol. The maximum Gasteiger partial charge on any atom is 0.144 e. The number of hydrogen-bond acceptors (Lipinski definition) is 2. The Morgan fingerprint density at radius 3 is 1.97 bits per heavy atom. The van der Waals surface area contributed by atoms with Gasteiger partial charge in [-0.3, -0.25) is 0 Å². The second-order valence-electron chi connectivity index (χ2n) is 9.33.